The van der Waals surface area contributed by atoms with Crippen molar-refractivity contribution < 1.29 is 22.8 Å². The molecule has 9 heteroatoms. The number of nitrogens with zero attached hydrogens (tertiary/aromatic N) is 3. The van der Waals surface area contributed by atoms with E-state index in [1.54, 1.807) is 0 Å². The summed E-state index contributed by atoms with van der Waals surface area (Å²) in [6.45, 7) is 6.65. The summed E-state index contributed by atoms with van der Waals surface area (Å²) < 4.78 is 40.3. The molecule has 4 rings (SSSR count). The minimum atomic E-state index is -1.59. The van der Waals surface area contributed by atoms with Gasteiger partial charge in [-0.05, 0) is 31.4 Å². The summed E-state index contributed by atoms with van der Waals surface area (Å²) in [5, 5.41) is 3.35. The molecular weight excluding hydrogens is 433 g/mol. The third-order valence-corrected chi connectivity index (χ3v) is 6.48. The van der Waals surface area contributed by atoms with Crippen LogP contribution in [0.25, 0.3) is 0 Å². The summed E-state index contributed by atoms with van der Waals surface area (Å²) >= 11 is 0. The number of likely N-dealkylation sites (N-methyl/N-ethyl adjacent to an activating group) is 1. The van der Waals surface area contributed by atoms with Crippen molar-refractivity contribution in [3.63, 3.8) is 0 Å². The fourth-order valence-electron chi connectivity index (χ4n) is 4.89. The minimum absolute atomic E-state index is 0.106. The third kappa shape index (κ3) is 4.28. The van der Waals surface area contributed by atoms with Crippen LogP contribution in [-0.2, 0) is 11.2 Å². The number of hydrogen-bond acceptors (Lipinski definition) is 5. The molecule has 0 spiro atoms. The first-order chi connectivity index (χ1) is 15.6. The average molecular weight is 461 g/mol. The van der Waals surface area contributed by atoms with E-state index in [4.69, 9.17) is 0 Å². The van der Waals surface area contributed by atoms with Crippen molar-refractivity contribution in [1.82, 2.24) is 9.88 Å². The number of nitrogens with one attached hydrogen (secondary N) is 1. The second kappa shape index (κ2) is 8.68. The lowest BCUT2D eigenvalue weighted by Crippen LogP contribution is -2.47. The number of carbonyl (C=O) groups excluding carboxylic acids is 2. The van der Waals surface area contributed by atoms with Crippen LogP contribution in [0.3, 0.4) is 0 Å². The number of aryl methyl sites for hydroxylation is 1. The molecule has 2 aromatic rings. The van der Waals surface area contributed by atoms with Crippen LogP contribution in [0.4, 0.5) is 24.7 Å². The number of fused-ring (bicyclic) bond motifs is 1. The van der Waals surface area contributed by atoms with Gasteiger partial charge in [0.15, 0.2) is 23.2 Å². The molecule has 1 amide bonds. The molecule has 6 nitrogen and oxygen atoms in total. The van der Waals surface area contributed by atoms with Gasteiger partial charge in [-0.25, -0.2) is 18.2 Å². The van der Waals surface area contributed by atoms with Crippen molar-refractivity contribution in [3.8, 4) is 0 Å². The highest BCUT2D eigenvalue weighted by Gasteiger charge is 2.35. The van der Waals surface area contributed by atoms with E-state index in [1.165, 1.54) is 4.90 Å². The molecule has 0 radical (unpaired) electrons. The van der Waals surface area contributed by atoms with E-state index in [0.717, 1.165) is 29.1 Å². The molecule has 0 bridgehead atoms. The Balaban J connectivity index is 1.49. The Hall–Kier alpha value is -3.10. The normalized spacial score (nSPS) is 20.4. The highest BCUT2D eigenvalue weighted by Crippen LogP contribution is 2.34. The number of carbonyl (C=O) groups is 2. The predicted molar refractivity (Wildman–Crippen MR) is 119 cm³/mol. The Morgan fingerprint density at radius 2 is 1.85 bits per heavy atom. The number of anilines is 2. The van der Waals surface area contributed by atoms with Crippen LogP contribution in [0.1, 0.15) is 41.9 Å². The van der Waals surface area contributed by atoms with Crippen LogP contribution in [0.2, 0.25) is 0 Å². The standard InChI is InChI=1S/C24H27F3N4O2/c1-12(2)23-20(32)9-16-13(3)28-21(10-19(16)30(23)4)29-15-5-6-31(11-15)24(33)14-7-17(25)22(27)18(26)8-14/h7-8,10,12,15,23H,5-6,9,11H2,1-4H3,(H,28,29)/t15-,23-/m0/s1. The van der Waals surface area contributed by atoms with Crippen LogP contribution in [0.15, 0.2) is 18.2 Å². The molecule has 1 saturated heterocycles. The van der Waals surface area contributed by atoms with Gasteiger partial charge in [0.2, 0.25) is 0 Å². The molecule has 2 atom stereocenters. The van der Waals surface area contributed by atoms with Gasteiger partial charge in [-0.1, -0.05) is 13.8 Å². The van der Waals surface area contributed by atoms with Crippen LogP contribution >= 0.6 is 0 Å². The van der Waals surface area contributed by atoms with Crippen molar-refractivity contribution >= 4 is 23.2 Å². The Labute approximate surface area is 190 Å². The molecule has 3 heterocycles. The summed E-state index contributed by atoms with van der Waals surface area (Å²) in [7, 11) is 1.92. The fraction of sp³-hybridized carbons (Fsp3) is 0.458. The molecule has 0 saturated carbocycles. The summed E-state index contributed by atoms with van der Waals surface area (Å²) in [6, 6.07) is 3.07. The smallest absolute Gasteiger partial charge is 0.254 e. The summed E-state index contributed by atoms with van der Waals surface area (Å²) in [6.07, 6.45) is 0.983. The van der Waals surface area contributed by atoms with Gasteiger partial charge in [0, 0.05) is 61.2 Å². The first-order valence-electron chi connectivity index (χ1n) is 11.0. The zero-order chi connectivity index (χ0) is 24.0. The number of Topliss-reactive ketones (excluding diaryl/α,β-unsaturated/α-hetero) is 1. The first kappa shape index (κ1) is 23.1. The van der Waals surface area contributed by atoms with Gasteiger partial charge in [0.05, 0.1) is 6.04 Å². The van der Waals surface area contributed by atoms with E-state index < -0.39 is 23.4 Å². The molecular formula is C24H27F3N4O2. The molecule has 33 heavy (non-hydrogen) atoms. The number of halogens is 3. The SMILES string of the molecule is Cc1nc(N[C@H]2CCN(C(=O)c3cc(F)c(F)c(F)c3)C2)cc2c1CC(=O)[C@H](C(C)C)N2C. The molecule has 2 aliphatic rings. The van der Waals surface area contributed by atoms with Crippen LogP contribution in [0.5, 0.6) is 0 Å². The van der Waals surface area contributed by atoms with E-state index >= 15 is 0 Å². The second-order valence-electron chi connectivity index (χ2n) is 9.17. The Morgan fingerprint density at radius 3 is 2.48 bits per heavy atom. The van der Waals surface area contributed by atoms with E-state index in [1.807, 2.05) is 38.8 Å². The van der Waals surface area contributed by atoms with Crippen molar-refractivity contribution in [2.45, 2.75) is 45.7 Å². The molecule has 2 aliphatic heterocycles. The average Bonchev–Trinajstić information content (AvgIpc) is 3.20. The number of hydrogen-bond donors (Lipinski definition) is 1. The lowest BCUT2D eigenvalue weighted by molar-refractivity contribution is -0.120. The van der Waals surface area contributed by atoms with E-state index in [-0.39, 0.29) is 29.3 Å². The molecule has 176 valence electrons. The van der Waals surface area contributed by atoms with Gasteiger partial charge in [-0.15, -0.1) is 0 Å². The van der Waals surface area contributed by atoms with Gasteiger partial charge in [-0.3, -0.25) is 9.59 Å². The zero-order valence-electron chi connectivity index (χ0n) is 19.1. The Morgan fingerprint density at radius 1 is 1.18 bits per heavy atom. The van der Waals surface area contributed by atoms with Gasteiger partial charge >= 0.3 is 0 Å². The van der Waals surface area contributed by atoms with Gasteiger partial charge in [0.1, 0.15) is 5.82 Å². The molecule has 0 aliphatic carbocycles. The van der Waals surface area contributed by atoms with Crippen molar-refractivity contribution in [3.05, 3.63) is 52.5 Å². The summed E-state index contributed by atoms with van der Waals surface area (Å²) in [5.74, 6) is -3.91. The number of rotatable bonds is 4. The molecule has 0 unspecified atom stereocenters. The zero-order valence-corrected chi connectivity index (χ0v) is 19.1. The van der Waals surface area contributed by atoms with E-state index in [2.05, 4.69) is 10.3 Å². The third-order valence-electron chi connectivity index (χ3n) is 6.48. The maximum Gasteiger partial charge on any atom is 0.254 e. The Kier molecular flexibility index (Phi) is 6.07. The number of ketones is 1. The monoisotopic (exact) mass is 460 g/mol. The number of benzene rings is 1. The number of aromatic nitrogens is 1. The van der Waals surface area contributed by atoms with Crippen LogP contribution in [0, 0.1) is 30.3 Å². The van der Waals surface area contributed by atoms with Crippen molar-refractivity contribution in [2.24, 2.45) is 5.92 Å². The maximum atomic E-state index is 13.5. The largest absolute Gasteiger partial charge is 0.365 e. The quantitative estimate of drug-likeness (QED) is 0.705. The number of amides is 1. The number of likely N-dealkylation sites (tertiary alicyclic amines) is 1. The predicted octanol–water partition coefficient (Wildman–Crippen LogP) is 3.72. The van der Waals surface area contributed by atoms with Gasteiger partial charge < -0.3 is 15.1 Å². The van der Waals surface area contributed by atoms with Gasteiger partial charge in [0.25, 0.3) is 5.91 Å². The summed E-state index contributed by atoms with van der Waals surface area (Å²) in [4.78, 5) is 33.4. The van der Waals surface area contributed by atoms with E-state index in [9.17, 15) is 22.8 Å². The highest BCUT2D eigenvalue weighted by atomic mass is 19.2. The first-order valence-corrected chi connectivity index (χ1v) is 11.0. The van der Waals surface area contributed by atoms with Gasteiger partial charge in [-0.2, -0.15) is 0 Å². The maximum absolute atomic E-state index is 13.5. The highest BCUT2D eigenvalue weighted by molar-refractivity contribution is 5.95. The van der Waals surface area contributed by atoms with Crippen LogP contribution in [-0.4, -0.2) is 53.8 Å². The van der Waals surface area contributed by atoms with Crippen molar-refractivity contribution in [2.75, 3.05) is 30.4 Å². The lowest BCUT2D eigenvalue weighted by atomic mass is 9.88. The molecule has 1 aromatic heterocycles. The molecule has 1 fully saturated rings. The lowest BCUT2D eigenvalue weighted by Gasteiger charge is -2.38. The van der Waals surface area contributed by atoms with Crippen LogP contribution < -0.4 is 10.2 Å². The Bertz CT molecular complexity index is 1100. The molecule has 1 aromatic carbocycles. The fourth-order valence-corrected chi connectivity index (χ4v) is 4.89. The summed E-state index contributed by atoms with van der Waals surface area (Å²) in [5.41, 5.74) is 2.45. The number of pyridine rings is 1. The molecule has 1 N–H and O–H groups in total. The topological polar surface area (TPSA) is 65.5 Å². The minimum Gasteiger partial charge on any atom is -0.365 e. The van der Waals surface area contributed by atoms with Crippen molar-refractivity contribution in [1.29, 1.82) is 0 Å². The second-order valence-corrected chi connectivity index (χ2v) is 9.17. The van der Waals surface area contributed by atoms with E-state index in [0.29, 0.717) is 31.7 Å².